The van der Waals surface area contributed by atoms with Gasteiger partial charge >= 0.3 is 0 Å². The number of unbranched alkanes of at least 4 members (excludes halogenated alkanes) is 4. The molecular formula is C23H32O. The van der Waals surface area contributed by atoms with Gasteiger partial charge in [-0.2, -0.15) is 0 Å². The molecule has 0 saturated carbocycles. The van der Waals surface area contributed by atoms with Crippen molar-refractivity contribution in [1.82, 2.24) is 0 Å². The van der Waals surface area contributed by atoms with Gasteiger partial charge in [0.25, 0.3) is 0 Å². The summed E-state index contributed by atoms with van der Waals surface area (Å²) in [7, 11) is 0. The van der Waals surface area contributed by atoms with Gasteiger partial charge < -0.3 is 4.74 Å². The predicted molar refractivity (Wildman–Crippen MR) is 105 cm³/mol. The third kappa shape index (κ3) is 6.03. The maximum absolute atomic E-state index is 6.38. The molecule has 1 aromatic carbocycles. The Hall–Kier alpha value is -1.76. The fourth-order valence-corrected chi connectivity index (χ4v) is 3.05. The van der Waals surface area contributed by atoms with Crippen LogP contribution in [-0.4, -0.2) is 5.60 Å². The molecule has 0 aliphatic heterocycles. The molecule has 1 unspecified atom stereocenters. The third-order valence-electron chi connectivity index (χ3n) is 4.46. The summed E-state index contributed by atoms with van der Waals surface area (Å²) < 4.78 is 6.38. The van der Waals surface area contributed by atoms with Crippen LogP contribution in [0, 0.1) is 0 Å². The highest BCUT2D eigenvalue weighted by molar-refractivity contribution is 5.32. The molecule has 1 nitrogen and oxygen atoms in total. The highest BCUT2D eigenvalue weighted by atomic mass is 16.5. The first-order valence-corrected chi connectivity index (χ1v) is 9.58. The molecule has 1 aromatic rings. The second-order valence-electron chi connectivity index (χ2n) is 6.69. The highest BCUT2D eigenvalue weighted by Gasteiger charge is 2.26. The summed E-state index contributed by atoms with van der Waals surface area (Å²) >= 11 is 0. The number of hydrogen-bond acceptors (Lipinski definition) is 1. The van der Waals surface area contributed by atoms with Crippen molar-refractivity contribution in [1.29, 1.82) is 0 Å². The Morgan fingerprint density at radius 1 is 1.00 bits per heavy atom. The molecule has 24 heavy (non-hydrogen) atoms. The van der Waals surface area contributed by atoms with Crippen LogP contribution in [0.2, 0.25) is 0 Å². The average molecular weight is 325 g/mol. The lowest BCUT2D eigenvalue weighted by molar-refractivity contribution is 0.173. The van der Waals surface area contributed by atoms with Gasteiger partial charge in [-0.15, -0.1) is 0 Å². The predicted octanol–water partition coefficient (Wildman–Crippen LogP) is 6.80. The zero-order chi connectivity index (χ0) is 17.1. The molecule has 0 heterocycles. The van der Waals surface area contributed by atoms with E-state index < -0.39 is 0 Å². The minimum Gasteiger partial charge on any atom is -0.479 e. The van der Waals surface area contributed by atoms with Gasteiger partial charge in [0, 0.05) is 6.42 Å². The van der Waals surface area contributed by atoms with E-state index in [0.717, 1.165) is 25.0 Å². The molecule has 2 rings (SSSR count). The molecule has 0 fully saturated rings. The molecule has 1 heteroatoms. The van der Waals surface area contributed by atoms with Crippen molar-refractivity contribution < 1.29 is 4.74 Å². The van der Waals surface area contributed by atoms with Crippen molar-refractivity contribution in [3.63, 3.8) is 0 Å². The number of allylic oxidation sites excluding steroid dienone is 3. The quantitative estimate of drug-likeness (QED) is 0.340. The van der Waals surface area contributed by atoms with Gasteiger partial charge in [0.05, 0.1) is 0 Å². The Kier molecular flexibility index (Phi) is 7.88. The fourth-order valence-electron chi connectivity index (χ4n) is 3.05. The van der Waals surface area contributed by atoms with Gasteiger partial charge in [-0.25, -0.2) is 0 Å². The lowest BCUT2D eigenvalue weighted by Gasteiger charge is -2.29. The zero-order valence-corrected chi connectivity index (χ0v) is 15.3. The van der Waals surface area contributed by atoms with E-state index in [-0.39, 0.29) is 5.60 Å². The Morgan fingerprint density at radius 3 is 2.50 bits per heavy atom. The SMILES string of the molecule is CCCCCCC=CC1(Oc2ccc(CCC)cc2)C=CC=CC1. The number of ether oxygens (including phenoxy) is 1. The van der Waals surface area contributed by atoms with E-state index >= 15 is 0 Å². The van der Waals surface area contributed by atoms with Crippen LogP contribution in [0.3, 0.4) is 0 Å². The lowest BCUT2D eigenvalue weighted by atomic mass is 9.93. The monoisotopic (exact) mass is 324 g/mol. The van der Waals surface area contributed by atoms with Crippen LogP contribution in [-0.2, 0) is 6.42 Å². The first kappa shape index (κ1) is 18.6. The molecule has 1 atom stereocenters. The molecular weight excluding hydrogens is 292 g/mol. The molecule has 0 saturated heterocycles. The Bertz CT molecular complexity index is 550. The Morgan fingerprint density at radius 2 is 1.83 bits per heavy atom. The summed E-state index contributed by atoms with van der Waals surface area (Å²) in [6.07, 6.45) is 22.7. The van der Waals surface area contributed by atoms with Gasteiger partial charge in [0.1, 0.15) is 11.4 Å². The van der Waals surface area contributed by atoms with Gasteiger partial charge in [-0.3, -0.25) is 0 Å². The largest absolute Gasteiger partial charge is 0.479 e. The first-order valence-electron chi connectivity index (χ1n) is 9.58. The van der Waals surface area contributed by atoms with Crippen LogP contribution < -0.4 is 4.74 Å². The lowest BCUT2D eigenvalue weighted by Crippen LogP contribution is -2.31. The second kappa shape index (κ2) is 10.2. The van der Waals surface area contributed by atoms with Crippen molar-refractivity contribution in [3.8, 4) is 5.75 Å². The van der Waals surface area contributed by atoms with Gasteiger partial charge in [0.2, 0.25) is 0 Å². The minimum absolute atomic E-state index is 0.328. The number of benzene rings is 1. The third-order valence-corrected chi connectivity index (χ3v) is 4.46. The van der Waals surface area contributed by atoms with E-state index in [1.807, 2.05) is 0 Å². The molecule has 0 aromatic heterocycles. The van der Waals surface area contributed by atoms with E-state index in [2.05, 4.69) is 74.6 Å². The van der Waals surface area contributed by atoms with Crippen LogP contribution in [0.15, 0.2) is 60.7 Å². The van der Waals surface area contributed by atoms with Crippen LogP contribution in [0.1, 0.15) is 64.4 Å². The molecule has 0 bridgehead atoms. The van der Waals surface area contributed by atoms with Crippen molar-refractivity contribution in [2.45, 2.75) is 70.8 Å². The summed E-state index contributed by atoms with van der Waals surface area (Å²) in [5.74, 6) is 0.949. The second-order valence-corrected chi connectivity index (χ2v) is 6.69. The number of hydrogen-bond donors (Lipinski definition) is 0. The highest BCUT2D eigenvalue weighted by Crippen LogP contribution is 2.28. The molecule has 0 N–H and O–H groups in total. The van der Waals surface area contributed by atoms with Crippen LogP contribution >= 0.6 is 0 Å². The van der Waals surface area contributed by atoms with E-state index in [9.17, 15) is 0 Å². The van der Waals surface area contributed by atoms with E-state index in [4.69, 9.17) is 4.74 Å². The summed E-state index contributed by atoms with van der Waals surface area (Å²) in [4.78, 5) is 0. The van der Waals surface area contributed by atoms with Crippen molar-refractivity contribution in [2.24, 2.45) is 0 Å². The minimum atomic E-state index is -0.328. The normalized spacial score (nSPS) is 19.9. The van der Waals surface area contributed by atoms with Crippen LogP contribution in [0.5, 0.6) is 5.75 Å². The maximum atomic E-state index is 6.38. The molecule has 1 aliphatic carbocycles. The topological polar surface area (TPSA) is 9.23 Å². The van der Waals surface area contributed by atoms with E-state index in [1.165, 1.54) is 37.7 Å². The summed E-state index contributed by atoms with van der Waals surface area (Å²) in [5, 5.41) is 0. The van der Waals surface area contributed by atoms with Crippen molar-refractivity contribution in [3.05, 3.63) is 66.3 Å². The van der Waals surface area contributed by atoms with Gasteiger partial charge in [-0.05, 0) is 49.1 Å². The van der Waals surface area contributed by atoms with E-state index in [1.54, 1.807) is 0 Å². The Labute approximate surface area is 148 Å². The number of rotatable bonds is 10. The first-order chi connectivity index (χ1) is 11.8. The Balaban J connectivity index is 1.98. The fraction of sp³-hybridized carbons (Fsp3) is 0.478. The molecule has 0 radical (unpaired) electrons. The van der Waals surface area contributed by atoms with Crippen LogP contribution in [0.4, 0.5) is 0 Å². The smallest absolute Gasteiger partial charge is 0.149 e. The van der Waals surface area contributed by atoms with Gasteiger partial charge in [-0.1, -0.05) is 76.0 Å². The zero-order valence-electron chi connectivity index (χ0n) is 15.3. The summed E-state index contributed by atoms with van der Waals surface area (Å²) in [5.41, 5.74) is 1.05. The molecule has 0 amide bonds. The summed E-state index contributed by atoms with van der Waals surface area (Å²) in [6, 6.07) is 8.58. The molecule has 0 spiro atoms. The number of aryl methyl sites for hydroxylation is 1. The van der Waals surface area contributed by atoms with Gasteiger partial charge in [0.15, 0.2) is 0 Å². The van der Waals surface area contributed by atoms with Crippen LogP contribution in [0.25, 0.3) is 0 Å². The summed E-state index contributed by atoms with van der Waals surface area (Å²) in [6.45, 7) is 4.47. The van der Waals surface area contributed by atoms with Crippen molar-refractivity contribution in [2.75, 3.05) is 0 Å². The maximum Gasteiger partial charge on any atom is 0.149 e. The standard InChI is InChI=1S/C23H32O/c1-3-5-6-7-8-10-18-23(19-11-9-12-20-23)24-22-16-14-21(13-4-2)15-17-22/h9-12,14-19H,3-8,13,20H2,1-2H3. The average Bonchev–Trinajstić information content (AvgIpc) is 2.61. The molecule has 130 valence electrons. The van der Waals surface area contributed by atoms with E-state index in [0.29, 0.717) is 0 Å². The van der Waals surface area contributed by atoms with Crippen molar-refractivity contribution >= 4 is 0 Å². The molecule has 1 aliphatic rings.